The van der Waals surface area contributed by atoms with Crippen molar-refractivity contribution in [1.29, 1.82) is 0 Å². The van der Waals surface area contributed by atoms with E-state index in [1.165, 1.54) is 25.8 Å². The van der Waals surface area contributed by atoms with Gasteiger partial charge in [0, 0.05) is 17.5 Å². The lowest BCUT2D eigenvalue weighted by molar-refractivity contribution is -0.164. The monoisotopic (exact) mass is 375 g/mol. The highest BCUT2D eigenvalue weighted by atomic mass is 32.2. The van der Waals surface area contributed by atoms with Crippen LogP contribution in [0.2, 0.25) is 0 Å². The average molecular weight is 375 g/mol. The molecule has 0 aromatic heterocycles. The number of methoxy groups -OCH3 is 2. The van der Waals surface area contributed by atoms with E-state index in [4.69, 9.17) is 19.9 Å². The summed E-state index contributed by atoms with van der Waals surface area (Å²) in [6.07, 6.45) is -1.12. The molecule has 2 N–H and O–H groups in total. The number of nitrogens with two attached hydrogens (primary N) is 1. The number of rotatable bonds is 7. The third-order valence-electron chi connectivity index (χ3n) is 3.62. The Morgan fingerprint density at radius 1 is 1.04 bits per heavy atom. The van der Waals surface area contributed by atoms with E-state index in [9.17, 15) is 9.59 Å². The number of esters is 2. The van der Waals surface area contributed by atoms with Gasteiger partial charge in [0.2, 0.25) is 6.10 Å². The fourth-order valence-corrected chi connectivity index (χ4v) is 3.57. The first-order valence-electron chi connectivity index (χ1n) is 7.86. The van der Waals surface area contributed by atoms with Crippen LogP contribution < -0.4 is 10.5 Å². The smallest absolute Gasteiger partial charge is 0.348 e. The van der Waals surface area contributed by atoms with Crippen molar-refractivity contribution in [3.05, 3.63) is 54.1 Å². The van der Waals surface area contributed by atoms with Gasteiger partial charge in [0.05, 0.1) is 19.5 Å². The minimum Gasteiger partial charge on any atom is -0.497 e. The molecular formula is C19H21NO5S. The van der Waals surface area contributed by atoms with Crippen molar-refractivity contribution in [2.24, 2.45) is 0 Å². The molecule has 0 heterocycles. The largest absolute Gasteiger partial charge is 0.497 e. The van der Waals surface area contributed by atoms with Gasteiger partial charge in [-0.25, -0.2) is 4.79 Å². The number of carbonyl (C=O) groups is 2. The topological polar surface area (TPSA) is 87.9 Å². The second kappa shape index (κ2) is 9.15. The molecule has 26 heavy (non-hydrogen) atoms. The Kier molecular flexibility index (Phi) is 6.91. The SMILES string of the molecule is COC(=O)C(OC(C)=O)C(Sc1ccccc1N)c1ccc(OC)cc1. The molecule has 0 spiro atoms. The molecule has 2 atom stereocenters. The Bertz CT molecular complexity index is 763. The van der Waals surface area contributed by atoms with Crippen molar-refractivity contribution in [1.82, 2.24) is 0 Å². The Hall–Kier alpha value is -2.67. The maximum absolute atomic E-state index is 12.3. The molecule has 7 heteroatoms. The van der Waals surface area contributed by atoms with Crippen LogP contribution in [-0.2, 0) is 19.1 Å². The number of hydrogen-bond acceptors (Lipinski definition) is 7. The predicted octanol–water partition coefficient (Wildman–Crippen LogP) is 3.22. The number of nitrogen functional groups attached to an aromatic ring is 1. The van der Waals surface area contributed by atoms with Gasteiger partial charge in [0.25, 0.3) is 0 Å². The van der Waals surface area contributed by atoms with Crippen molar-refractivity contribution in [3.63, 3.8) is 0 Å². The second-order valence-corrected chi connectivity index (χ2v) is 6.59. The van der Waals surface area contributed by atoms with Gasteiger partial charge in [-0.05, 0) is 29.8 Å². The quantitative estimate of drug-likeness (QED) is 0.451. The second-order valence-electron chi connectivity index (χ2n) is 5.40. The average Bonchev–Trinajstić information content (AvgIpc) is 2.65. The minimum absolute atomic E-state index is 0.540. The van der Waals surface area contributed by atoms with Crippen molar-refractivity contribution >= 4 is 29.4 Å². The lowest BCUT2D eigenvalue weighted by atomic mass is 10.1. The first-order chi connectivity index (χ1) is 12.5. The Balaban J connectivity index is 2.45. The first kappa shape index (κ1) is 19.7. The van der Waals surface area contributed by atoms with Gasteiger partial charge < -0.3 is 19.9 Å². The van der Waals surface area contributed by atoms with Crippen molar-refractivity contribution in [2.75, 3.05) is 20.0 Å². The summed E-state index contributed by atoms with van der Waals surface area (Å²) in [6.45, 7) is 1.25. The molecule has 0 aliphatic carbocycles. The van der Waals surface area contributed by atoms with Crippen LogP contribution in [0.5, 0.6) is 5.75 Å². The summed E-state index contributed by atoms with van der Waals surface area (Å²) in [5.41, 5.74) is 7.38. The molecule has 0 saturated heterocycles. The predicted molar refractivity (Wildman–Crippen MR) is 100 cm³/mol. The molecule has 0 fully saturated rings. The zero-order chi connectivity index (χ0) is 19.1. The van der Waals surface area contributed by atoms with E-state index in [0.29, 0.717) is 11.4 Å². The number of carbonyl (C=O) groups excluding carboxylic acids is 2. The number of ether oxygens (including phenoxy) is 3. The normalized spacial score (nSPS) is 12.7. The molecule has 2 rings (SSSR count). The Labute approximate surface area is 156 Å². The van der Waals surface area contributed by atoms with E-state index in [-0.39, 0.29) is 0 Å². The van der Waals surface area contributed by atoms with Crippen LogP contribution in [0.4, 0.5) is 5.69 Å². The molecular weight excluding hydrogens is 354 g/mol. The van der Waals surface area contributed by atoms with Gasteiger partial charge in [0.1, 0.15) is 5.75 Å². The summed E-state index contributed by atoms with van der Waals surface area (Å²) >= 11 is 1.33. The van der Waals surface area contributed by atoms with Crippen molar-refractivity contribution < 1.29 is 23.8 Å². The molecule has 2 aromatic carbocycles. The molecule has 2 aromatic rings. The van der Waals surface area contributed by atoms with E-state index in [1.54, 1.807) is 25.3 Å². The standard InChI is InChI=1S/C19H21NO5S/c1-12(21)25-17(19(22)24-3)18(13-8-10-14(23-2)11-9-13)26-16-7-5-4-6-15(16)20/h4-11,17-18H,20H2,1-3H3. The molecule has 0 amide bonds. The van der Waals surface area contributed by atoms with Crippen LogP contribution in [0, 0.1) is 0 Å². The van der Waals surface area contributed by atoms with Gasteiger partial charge in [0.15, 0.2) is 0 Å². The maximum Gasteiger partial charge on any atom is 0.348 e. The summed E-state index contributed by atoms with van der Waals surface area (Å²) in [5.74, 6) is -0.526. The molecule has 6 nitrogen and oxygen atoms in total. The van der Waals surface area contributed by atoms with E-state index in [2.05, 4.69) is 0 Å². The zero-order valence-corrected chi connectivity index (χ0v) is 15.6. The lowest BCUT2D eigenvalue weighted by Gasteiger charge is -2.25. The fourth-order valence-electron chi connectivity index (χ4n) is 2.35. The molecule has 0 aliphatic rings. The number of anilines is 1. The number of benzene rings is 2. The summed E-state index contributed by atoms with van der Waals surface area (Å²) in [5, 5.41) is -0.540. The summed E-state index contributed by atoms with van der Waals surface area (Å²) in [4.78, 5) is 24.6. The van der Waals surface area contributed by atoms with E-state index in [1.807, 2.05) is 30.3 Å². The van der Waals surface area contributed by atoms with Crippen LogP contribution in [0.3, 0.4) is 0 Å². The third kappa shape index (κ3) is 4.92. The Morgan fingerprint density at radius 2 is 1.69 bits per heavy atom. The first-order valence-corrected chi connectivity index (χ1v) is 8.74. The van der Waals surface area contributed by atoms with E-state index < -0.39 is 23.3 Å². The number of hydrogen-bond donors (Lipinski definition) is 1. The molecule has 0 aliphatic heterocycles. The molecule has 0 radical (unpaired) electrons. The molecule has 138 valence electrons. The van der Waals surface area contributed by atoms with Crippen molar-refractivity contribution in [3.8, 4) is 5.75 Å². The van der Waals surface area contributed by atoms with Gasteiger partial charge in [-0.2, -0.15) is 0 Å². The summed E-state index contributed by atoms with van der Waals surface area (Å²) in [7, 11) is 2.83. The maximum atomic E-state index is 12.3. The van der Waals surface area contributed by atoms with Crippen molar-refractivity contribution in [2.45, 2.75) is 23.2 Å². The van der Waals surface area contributed by atoms with Crippen LogP contribution in [-0.4, -0.2) is 32.3 Å². The Morgan fingerprint density at radius 3 is 2.23 bits per heavy atom. The number of para-hydroxylation sites is 1. The van der Waals surface area contributed by atoms with Gasteiger partial charge in [-0.1, -0.05) is 24.3 Å². The lowest BCUT2D eigenvalue weighted by Crippen LogP contribution is -2.32. The zero-order valence-electron chi connectivity index (χ0n) is 14.8. The molecule has 0 bridgehead atoms. The third-order valence-corrected chi connectivity index (χ3v) is 5.02. The van der Waals surface area contributed by atoms with Gasteiger partial charge in [-0.3, -0.25) is 4.79 Å². The summed E-state index contributed by atoms with van der Waals surface area (Å²) < 4.78 is 15.3. The minimum atomic E-state index is -1.12. The highest BCUT2D eigenvalue weighted by Gasteiger charge is 2.34. The fraction of sp³-hybridized carbons (Fsp3) is 0.263. The highest BCUT2D eigenvalue weighted by molar-refractivity contribution is 7.99. The molecule has 0 saturated carbocycles. The van der Waals surface area contributed by atoms with Crippen LogP contribution in [0.15, 0.2) is 53.4 Å². The van der Waals surface area contributed by atoms with Gasteiger partial charge in [-0.15, -0.1) is 11.8 Å². The van der Waals surface area contributed by atoms with Crippen LogP contribution in [0.1, 0.15) is 17.7 Å². The molecule has 2 unspecified atom stereocenters. The summed E-state index contributed by atoms with van der Waals surface area (Å²) in [6, 6.07) is 14.5. The van der Waals surface area contributed by atoms with Crippen LogP contribution in [0.25, 0.3) is 0 Å². The van der Waals surface area contributed by atoms with Gasteiger partial charge >= 0.3 is 11.9 Å². The van der Waals surface area contributed by atoms with E-state index in [0.717, 1.165) is 10.5 Å². The number of thioether (sulfide) groups is 1. The highest BCUT2D eigenvalue weighted by Crippen LogP contribution is 2.42. The van der Waals surface area contributed by atoms with E-state index >= 15 is 0 Å². The van der Waals surface area contributed by atoms with Crippen LogP contribution >= 0.6 is 11.8 Å².